The van der Waals surface area contributed by atoms with Crippen LogP contribution < -0.4 is 4.90 Å². The molecule has 104 valence electrons. The number of nitrogens with zero attached hydrogens (tertiary/aromatic N) is 2. The Hall–Kier alpha value is -1.55. The summed E-state index contributed by atoms with van der Waals surface area (Å²) in [5.41, 5.74) is 1.64. The van der Waals surface area contributed by atoms with Gasteiger partial charge in [0.1, 0.15) is 5.82 Å². The summed E-state index contributed by atoms with van der Waals surface area (Å²) < 4.78 is 0. The Morgan fingerprint density at radius 1 is 1.25 bits per heavy atom. The van der Waals surface area contributed by atoms with Crippen LogP contribution in [0.15, 0.2) is 30.3 Å². The highest BCUT2D eigenvalue weighted by molar-refractivity contribution is 8.00. The molecule has 3 rings (SSSR count). The van der Waals surface area contributed by atoms with E-state index in [0.29, 0.717) is 16.1 Å². The zero-order valence-electron chi connectivity index (χ0n) is 11.7. The van der Waals surface area contributed by atoms with Gasteiger partial charge < -0.3 is 4.90 Å². The number of benzene rings is 1. The molecule has 0 radical (unpaired) electrons. The van der Waals surface area contributed by atoms with Crippen LogP contribution in [-0.4, -0.2) is 34.9 Å². The van der Waals surface area contributed by atoms with Crippen molar-refractivity contribution in [3.63, 3.8) is 0 Å². The van der Waals surface area contributed by atoms with Crippen molar-refractivity contribution in [2.45, 2.75) is 24.3 Å². The third-order valence-corrected chi connectivity index (χ3v) is 4.81. The van der Waals surface area contributed by atoms with Gasteiger partial charge in [0.15, 0.2) is 6.29 Å². The van der Waals surface area contributed by atoms with Gasteiger partial charge in [-0.3, -0.25) is 4.79 Å². The van der Waals surface area contributed by atoms with E-state index < -0.39 is 0 Å². The zero-order valence-corrected chi connectivity index (χ0v) is 12.6. The highest BCUT2D eigenvalue weighted by Crippen LogP contribution is 2.30. The van der Waals surface area contributed by atoms with E-state index in [0.717, 1.165) is 36.1 Å². The van der Waals surface area contributed by atoms with Gasteiger partial charge in [0.2, 0.25) is 0 Å². The van der Waals surface area contributed by atoms with Gasteiger partial charge in [0.05, 0.1) is 11.1 Å². The second-order valence-electron chi connectivity index (χ2n) is 5.37. The monoisotopic (exact) mass is 286 g/mol. The molecule has 1 aromatic carbocycles. The first-order chi connectivity index (χ1) is 9.67. The first kappa shape index (κ1) is 13.4. The van der Waals surface area contributed by atoms with Crippen LogP contribution in [0.4, 0.5) is 5.82 Å². The summed E-state index contributed by atoms with van der Waals surface area (Å²) in [6.07, 6.45) is 0.922. The van der Waals surface area contributed by atoms with Gasteiger partial charge in [-0.05, 0) is 12.1 Å². The first-order valence-electron chi connectivity index (χ1n) is 6.92. The molecular formula is C16H18N2OS. The van der Waals surface area contributed by atoms with E-state index in [9.17, 15) is 4.79 Å². The quantitative estimate of drug-likeness (QED) is 0.792. The van der Waals surface area contributed by atoms with Crippen LogP contribution in [0, 0.1) is 0 Å². The molecule has 3 nitrogen and oxygen atoms in total. The summed E-state index contributed by atoms with van der Waals surface area (Å²) in [6.45, 7) is 6.35. The maximum absolute atomic E-state index is 11.4. The average Bonchev–Trinajstić information content (AvgIpc) is 2.44. The number of para-hydroxylation sites is 1. The Morgan fingerprint density at radius 2 is 1.95 bits per heavy atom. The van der Waals surface area contributed by atoms with Gasteiger partial charge in [-0.25, -0.2) is 4.98 Å². The van der Waals surface area contributed by atoms with Crippen LogP contribution in [0.1, 0.15) is 24.2 Å². The Kier molecular flexibility index (Phi) is 3.66. The summed E-state index contributed by atoms with van der Waals surface area (Å²) in [6, 6.07) is 9.90. The number of carbonyl (C=O) groups excluding carboxylic acids is 1. The number of hydrogen-bond acceptors (Lipinski definition) is 4. The molecule has 0 amide bonds. The number of fused-ring (bicyclic) bond motifs is 1. The fraction of sp³-hybridized carbons (Fsp3) is 0.375. The van der Waals surface area contributed by atoms with Gasteiger partial charge in [-0.15, -0.1) is 0 Å². The van der Waals surface area contributed by atoms with Gasteiger partial charge >= 0.3 is 0 Å². The van der Waals surface area contributed by atoms with Crippen LogP contribution in [0.25, 0.3) is 10.9 Å². The lowest BCUT2D eigenvalue weighted by atomic mass is 10.1. The van der Waals surface area contributed by atoms with E-state index in [1.54, 1.807) is 0 Å². The van der Waals surface area contributed by atoms with Crippen molar-refractivity contribution in [2.75, 3.05) is 18.0 Å². The minimum absolute atomic E-state index is 0.562. The molecule has 0 aliphatic carbocycles. The number of thioether (sulfide) groups is 1. The fourth-order valence-electron chi connectivity index (χ4n) is 2.81. The van der Waals surface area contributed by atoms with E-state index in [1.807, 2.05) is 42.1 Å². The normalized spacial score (nSPS) is 23.0. The molecule has 2 atom stereocenters. The van der Waals surface area contributed by atoms with Crippen molar-refractivity contribution < 1.29 is 4.79 Å². The molecule has 0 saturated carbocycles. The summed E-state index contributed by atoms with van der Waals surface area (Å²) >= 11 is 2.00. The van der Waals surface area contributed by atoms with E-state index in [4.69, 9.17) is 4.98 Å². The topological polar surface area (TPSA) is 33.2 Å². The summed E-state index contributed by atoms with van der Waals surface area (Å²) in [5, 5.41) is 2.14. The molecule has 2 heterocycles. The fourth-order valence-corrected chi connectivity index (χ4v) is 4.14. The van der Waals surface area contributed by atoms with Crippen LogP contribution in [0.2, 0.25) is 0 Å². The highest BCUT2D eigenvalue weighted by atomic mass is 32.2. The molecule has 2 unspecified atom stereocenters. The minimum atomic E-state index is 0.562. The van der Waals surface area contributed by atoms with Crippen molar-refractivity contribution in [1.82, 2.24) is 4.98 Å². The summed E-state index contributed by atoms with van der Waals surface area (Å²) in [4.78, 5) is 18.4. The highest BCUT2D eigenvalue weighted by Gasteiger charge is 2.25. The minimum Gasteiger partial charge on any atom is -0.354 e. The number of carbonyl (C=O) groups is 1. The van der Waals surface area contributed by atoms with Crippen molar-refractivity contribution in [3.8, 4) is 0 Å². The maximum Gasteiger partial charge on any atom is 0.153 e. The van der Waals surface area contributed by atoms with E-state index >= 15 is 0 Å². The maximum atomic E-state index is 11.4. The molecule has 4 heteroatoms. The lowest BCUT2D eigenvalue weighted by Gasteiger charge is -2.36. The van der Waals surface area contributed by atoms with Crippen LogP contribution in [0.5, 0.6) is 0 Å². The largest absolute Gasteiger partial charge is 0.354 e. The number of anilines is 1. The molecule has 0 bridgehead atoms. The molecule has 2 aromatic rings. The second kappa shape index (κ2) is 5.44. The lowest BCUT2D eigenvalue weighted by Crippen LogP contribution is -2.41. The molecule has 0 N–H and O–H groups in total. The first-order valence-corrected chi connectivity index (χ1v) is 7.87. The van der Waals surface area contributed by atoms with E-state index in [1.165, 1.54) is 0 Å². The Balaban J connectivity index is 2.07. The second-order valence-corrected chi connectivity index (χ2v) is 7.26. The van der Waals surface area contributed by atoms with Crippen molar-refractivity contribution in [1.29, 1.82) is 0 Å². The van der Waals surface area contributed by atoms with E-state index in [2.05, 4.69) is 18.7 Å². The van der Waals surface area contributed by atoms with Crippen LogP contribution >= 0.6 is 11.8 Å². The molecule has 1 aromatic heterocycles. The zero-order chi connectivity index (χ0) is 14.1. The molecule has 1 saturated heterocycles. The Bertz CT molecular complexity index is 633. The van der Waals surface area contributed by atoms with Gasteiger partial charge in [-0.1, -0.05) is 32.0 Å². The van der Waals surface area contributed by atoms with E-state index in [-0.39, 0.29) is 0 Å². The van der Waals surface area contributed by atoms with Crippen LogP contribution in [-0.2, 0) is 0 Å². The molecule has 20 heavy (non-hydrogen) atoms. The third kappa shape index (κ3) is 2.52. The lowest BCUT2D eigenvalue weighted by molar-refractivity contribution is 0.112. The number of aromatic nitrogens is 1. The van der Waals surface area contributed by atoms with Crippen molar-refractivity contribution >= 4 is 34.8 Å². The molecule has 1 aliphatic heterocycles. The number of aldehydes is 1. The average molecular weight is 286 g/mol. The van der Waals surface area contributed by atoms with Gasteiger partial charge in [0, 0.05) is 29.0 Å². The van der Waals surface area contributed by atoms with Crippen molar-refractivity contribution in [2.24, 2.45) is 0 Å². The standard InChI is InChI=1S/C16H18N2OS/c1-11-8-18(9-12(2)20-11)16-14(10-19)7-13-5-3-4-6-15(13)17-16/h3-7,10-12H,8-9H2,1-2H3. The predicted molar refractivity (Wildman–Crippen MR) is 85.9 cm³/mol. The molecule has 0 spiro atoms. The number of hydrogen-bond donors (Lipinski definition) is 0. The number of pyridine rings is 1. The third-order valence-electron chi connectivity index (χ3n) is 3.58. The molecule has 1 aliphatic rings. The number of rotatable bonds is 2. The van der Waals surface area contributed by atoms with Crippen molar-refractivity contribution in [3.05, 3.63) is 35.9 Å². The molecular weight excluding hydrogens is 268 g/mol. The predicted octanol–water partition coefficient (Wildman–Crippen LogP) is 3.38. The molecule has 1 fully saturated rings. The Morgan fingerprint density at radius 3 is 2.65 bits per heavy atom. The smallest absolute Gasteiger partial charge is 0.153 e. The Labute approximate surface area is 123 Å². The summed E-state index contributed by atoms with van der Waals surface area (Å²) in [5.74, 6) is 0.831. The van der Waals surface area contributed by atoms with Gasteiger partial charge in [0.25, 0.3) is 0 Å². The SMILES string of the molecule is CC1CN(c2nc3ccccc3cc2C=O)CC(C)S1. The van der Waals surface area contributed by atoms with Crippen LogP contribution in [0.3, 0.4) is 0 Å². The summed E-state index contributed by atoms with van der Waals surface area (Å²) in [7, 11) is 0. The van der Waals surface area contributed by atoms with Gasteiger partial charge in [-0.2, -0.15) is 11.8 Å².